The molecule has 2 N–H and O–H groups in total. The molecule has 1 aromatic carbocycles. The van der Waals surface area contributed by atoms with E-state index in [1.54, 1.807) is 0 Å². The van der Waals surface area contributed by atoms with Gasteiger partial charge < -0.3 is 24.6 Å². The van der Waals surface area contributed by atoms with Gasteiger partial charge >= 0.3 is 17.9 Å². The second-order valence-electron chi connectivity index (χ2n) is 5.10. The Kier molecular flexibility index (Phi) is 4.26. The number of anilines is 1. The molecule has 0 radical (unpaired) electrons. The molecule has 1 saturated heterocycles. The van der Waals surface area contributed by atoms with Crippen LogP contribution < -0.4 is 10.1 Å². The first-order valence-corrected chi connectivity index (χ1v) is 6.58. The van der Waals surface area contributed by atoms with E-state index in [0.717, 1.165) is 6.20 Å². The average Bonchev–Trinajstić information content (AvgIpc) is 2.44. The highest BCUT2D eigenvalue weighted by atomic mass is 16.7. The lowest BCUT2D eigenvalue weighted by Gasteiger charge is -2.29. The molecule has 0 saturated carbocycles. The minimum Gasteiger partial charge on any atom is -0.497 e. The van der Waals surface area contributed by atoms with E-state index in [2.05, 4.69) is 5.32 Å². The highest BCUT2D eigenvalue weighted by Crippen LogP contribution is 2.25. The topological polar surface area (TPSA) is 111 Å². The second kappa shape index (κ2) is 5.99. The fraction of sp³-hybridized carbons (Fsp3) is 0.267. The smallest absolute Gasteiger partial charge is 0.350 e. The Bertz CT molecular complexity index is 684. The summed E-state index contributed by atoms with van der Waals surface area (Å²) < 4.78 is 14.9. The van der Waals surface area contributed by atoms with E-state index < -0.39 is 23.7 Å². The SMILES string of the molecule is COc1ccc(C(=O)O)c(NC=C2C(=O)OC(C)(C)OC2=O)c1. The van der Waals surface area contributed by atoms with Gasteiger partial charge in [0.1, 0.15) is 5.75 Å². The molecule has 1 aromatic rings. The van der Waals surface area contributed by atoms with Crippen LogP contribution in [0.5, 0.6) is 5.75 Å². The van der Waals surface area contributed by atoms with Crippen LogP contribution in [-0.4, -0.2) is 35.9 Å². The number of carboxylic acid groups (broad SMARTS) is 1. The number of nitrogens with one attached hydrogen (secondary N) is 1. The molecule has 1 fully saturated rings. The normalized spacial score (nSPS) is 16.2. The van der Waals surface area contributed by atoms with Crippen LogP contribution in [0.3, 0.4) is 0 Å². The van der Waals surface area contributed by atoms with E-state index in [-0.39, 0.29) is 16.8 Å². The van der Waals surface area contributed by atoms with Crippen LogP contribution in [0, 0.1) is 0 Å². The molecule has 1 aliphatic heterocycles. The monoisotopic (exact) mass is 321 g/mol. The number of carbonyl (C=O) groups excluding carboxylic acids is 2. The average molecular weight is 321 g/mol. The molecule has 2 rings (SSSR count). The van der Waals surface area contributed by atoms with Crippen molar-refractivity contribution in [2.24, 2.45) is 0 Å². The summed E-state index contributed by atoms with van der Waals surface area (Å²) in [5, 5.41) is 11.8. The summed E-state index contributed by atoms with van der Waals surface area (Å²) in [4.78, 5) is 34.8. The fourth-order valence-electron chi connectivity index (χ4n) is 1.88. The number of carboxylic acids is 1. The van der Waals surface area contributed by atoms with Gasteiger partial charge in [-0.15, -0.1) is 0 Å². The molecule has 8 heteroatoms. The van der Waals surface area contributed by atoms with Gasteiger partial charge in [-0.3, -0.25) is 0 Å². The third kappa shape index (κ3) is 3.60. The first-order valence-electron chi connectivity index (χ1n) is 6.58. The number of esters is 2. The van der Waals surface area contributed by atoms with Gasteiger partial charge in [0.15, 0.2) is 5.57 Å². The molecular weight excluding hydrogens is 306 g/mol. The van der Waals surface area contributed by atoms with E-state index in [9.17, 15) is 14.4 Å². The van der Waals surface area contributed by atoms with Crippen LogP contribution in [-0.2, 0) is 19.1 Å². The van der Waals surface area contributed by atoms with Crippen LogP contribution in [0.15, 0.2) is 30.0 Å². The number of methoxy groups -OCH3 is 1. The number of carbonyl (C=O) groups is 3. The number of aromatic carboxylic acids is 1. The lowest BCUT2D eigenvalue weighted by Crippen LogP contribution is -2.42. The highest BCUT2D eigenvalue weighted by Gasteiger charge is 2.39. The lowest BCUT2D eigenvalue weighted by atomic mass is 10.1. The van der Waals surface area contributed by atoms with Crippen molar-refractivity contribution >= 4 is 23.6 Å². The molecule has 0 atom stereocenters. The first kappa shape index (κ1) is 16.3. The van der Waals surface area contributed by atoms with Crippen LogP contribution in [0.4, 0.5) is 5.69 Å². The molecule has 8 nitrogen and oxygen atoms in total. The van der Waals surface area contributed by atoms with E-state index in [1.165, 1.54) is 39.2 Å². The zero-order valence-corrected chi connectivity index (χ0v) is 12.7. The second-order valence-corrected chi connectivity index (χ2v) is 5.10. The van der Waals surface area contributed by atoms with Gasteiger partial charge in [-0.1, -0.05) is 0 Å². The number of hydrogen-bond acceptors (Lipinski definition) is 7. The van der Waals surface area contributed by atoms with E-state index in [1.807, 2.05) is 0 Å². The van der Waals surface area contributed by atoms with Crippen molar-refractivity contribution < 1.29 is 33.7 Å². The number of benzene rings is 1. The first-order chi connectivity index (χ1) is 10.7. The molecule has 122 valence electrons. The number of ether oxygens (including phenoxy) is 3. The summed E-state index contributed by atoms with van der Waals surface area (Å²) >= 11 is 0. The minimum atomic E-state index is -1.34. The van der Waals surface area contributed by atoms with Crippen molar-refractivity contribution in [2.75, 3.05) is 12.4 Å². The van der Waals surface area contributed by atoms with Gasteiger partial charge in [0, 0.05) is 26.1 Å². The minimum absolute atomic E-state index is 0.0551. The Morgan fingerprint density at radius 1 is 1.26 bits per heavy atom. The lowest BCUT2D eigenvalue weighted by molar-refractivity contribution is -0.222. The Hall–Kier alpha value is -3.03. The maximum Gasteiger partial charge on any atom is 0.350 e. The van der Waals surface area contributed by atoms with Crippen LogP contribution in [0.2, 0.25) is 0 Å². The number of rotatable bonds is 4. The summed E-state index contributed by atoms with van der Waals surface area (Å²) in [5.74, 6) is -3.83. The summed E-state index contributed by atoms with van der Waals surface area (Å²) in [6, 6.07) is 4.24. The van der Waals surface area contributed by atoms with Crippen LogP contribution in [0.25, 0.3) is 0 Å². The van der Waals surface area contributed by atoms with Crippen molar-refractivity contribution in [3.63, 3.8) is 0 Å². The van der Waals surface area contributed by atoms with Crippen LogP contribution in [0.1, 0.15) is 24.2 Å². The predicted octanol–water partition coefficient (Wildman–Crippen LogP) is 1.53. The third-order valence-corrected chi connectivity index (χ3v) is 2.95. The highest BCUT2D eigenvalue weighted by molar-refractivity contribution is 6.15. The van der Waals surface area contributed by atoms with Crippen molar-refractivity contribution in [1.82, 2.24) is 0 Å². The Labute approximate surface area is 131 Å². The molecule has 0 unspecified atom stereocenters. The van der Waals surface area contributed by atoms with Gasteiger partial charge in [0.2, 0.25) is 0 Å². The molecule has 1 heterocycles. The molecule has 0 amide bonds. The maximum absolute atomic E-state index is 11.8. The maximum atomic E-state index is 11.8. The standard InChI is InChI=1S/C15H15NO7/c1-15(2)22-13(19)10(14(20)23-15)7-16-11-6-8(21-3)4-5-9(11)12(17)18/h4-7,16H,1-3H3,(H,17,18). The largest absolute Gasteiger partial charge is 0.497 e. The molecule has 0 spiro atoms. The van der Waals surface area contributed by atoms with Gasteiger partial charge in [-0.25, -0.2) is 14.4 Å². The molecule has 23 heavy (non-hydrogen) atoms. The molecule has 0 aromatic heterocycles. The van der Waals surface area contributed by atoms with Crippen molar-refractivity contribution in [1.29, 1.82) is 0 Å². The molecule has 0 aliphatic carbocycles. The van der Waals surface area contributed by atoms with Crippen LogP contribution >= 0.6 is 0 Å². The van der Waals surface area contributed by atoms with Crippen molar-refractivity contribution in [3.05, 3.63) is 35.5 Å². The zero-order valence-electron chi connectivity index (χ0n) is 12.7. The van der Waals surface area contributed by atoms with Gasteiger partial charge in [-0.05, 0) is 12.1 Å². The Morgan fingerprint density at radius 3 is 2.39 bits per heavy atom. The summed E-state index contributed by atoms with van der Waals surface area (Å²) in [6.45, 7) is 2.86. The number of hydrogen-bond donors (Lipinski definition) is 2. The van der Waals surface area contributed by atoms with Crippen molar-refractivity contribution in [2.45, 2.75) is 19.6 Å². The number of cyclic esters (lactones) is 2. The Morgan fingerprint density at radius 2 is 1.87 bits per heavy atom. The van der Waals surface area contributed by atoms with E-state index in [4.69, 9.17) is 19.3 Å². The van der Waals surface area contributed by atoms with Gasteiger partial charge in [0.25, 0.3) is 5.79 Å². The predicted molar refractivity (Wildman–Crippen MR) is 77.9 cm³/mol. The third-order valence-electron chi connectivity index (χ3n) is 2.95. The molecule has 0 bridgehead atoms. The zero-order chi connectivity index (χ0) is 17.2. The Balaban J connectivity index is 2.30. The fourth-order valence-corrected chi connectivity index (χ4v) is 1.88. The van der Waals surface area contributed by atoms with Crippen molar-refractivity contribution in [3.8, 4) is 5.75 Å². The van der Waals surface area contributed by atoms with E-state index in [0.29, 0.717) is 5.75 Å². The van der Waals surface area contributed by atoms with E-state index >= 15 is 0 Å². The summed E-state index contributed by atoms with van der Waals surface area (Å²) in [7, 11) is 1.43. The summed E-state index contributed by atoms with van der Waals surface area (Å²) in [6.07, 6.45) is 1.04. The van der Waals surface area contributed by atoms with Gasteiger partial charge in [-0.2, -0.15) is 0 Å². The van der Waals surface area contributed by atoms with Gasteiger partial charge in [0.05, 0.1) is 18.4 Å². The molecule has 1 aliphatic rings. The quantitative estimate of drug-likeness (QED) is 0.488. The molecular formula is C15H15NO7. The summed E-state index contributed by atoms with van der Waals surface area (Å²) in [5.41, 5.74) is -0.279.